The van der Waals surface area contributed by atoms with Crippen LogP contribution in [0.1, 0.15) is 56.7 Å². The van der Waals surface area contributed by atoms with Crippen molar-refractivity contribution in [3.63, 3.8) is 0 Å². The monoisotopic (exact) mass is 531 g/mol. The molecule has 1 aliphatic carbocycles. The normalized spacial score (nSPS) is 17.6. The SMILES string of the molecule is CC(Oc1cc(-c2cnn(C3CCN(C(=O)C4CCC4)CC3)c2)cnc1N)c1c(Cl)ccc(F)c1Cl. The smallest absolute Gasteiger partial charge is 0.225 e. The van der Waals surface area contributed by atoms with E-state index in [4.69, 9.17) is 33.7 Å². The molecule has 3 heterocycles. The Morgan fingerprint density at radius 2 is 1.92 bits per heavy atom. The van der Waals surface area contributed by atoms with E-state index in [2.05, 4.69) is 10.1 Å². The van der Waals surface area contributed by atoms with Gasteiger partial charge in [-0.25, -0.2) is 9.37 Å². The highest BCUT2D eigenvalue weighted by atomic mass is 35.5. The van der Waals surface area contributed by atoms with Gasteiger partial charge in [-0.3, -0.25) is 9.48 Å². The van der Waals surface area contributed by atoms with E-state index in [9.17, 15) is 9.18 Å². The fraction of sp³-hybridized carbons (Fsp3) is 0.423. The molecular formula is C26H28Cl2FN5O2. The van der Waals surface area contributed by atoms with Crippen LogP contribution in [0.25, 0.3) is 11.1 Å². The molecule has 7 nitrogen and oxygen atoms in total. The van der Waals surface area contributed by atoms with Gasteiger partial charge in [-0.15, -0.1) is 0 Å². The molecule has 5 rings (SSSR count). The first-order chi connectivity index (χ1) is 17.3. The number of aromatic nitrogens is 3. The molecule has 1 amide bonds. The number of pyridine rings is 1. The number of anilines is 1. The van der Waals surface area contributed by atoms with Crippen LogP contribution >= 0.6 is 23.2 Å². The number of hydrogen-bond donors (Lipinski definition) is 1. The van der Waals surface area contributed by atoms with Gasteiger partial charge in [0.05, 0.1) is 17.3 Å². The van der Waals surface area contributed by atoms with Crippen molar-refractivity contribution in [1.29, 1.82) is 0 Å². The summed E-state index contributed by atoms with van der Waals surface area (Å²) in [5.74, 6) is 0.522. The minimum Gasteiger partial charge on any atom is -0.482 e. The Morgan fingerprint density at radius 1 is 1.17 bits per heavy atom. The maximum atomic E-state index is 14.0. The van der Waals surface area contributed by atoms with Gasteiger partial charge in [-0.2, -0.15) is 5.10 Å². The molecular weight excluding hydrogens is 504 g/mol. The molecule has 36 heavy (non-hydrogen) atoms. The second-order valence-corrected chi connectivity index (χ2v) is 10.3. The first-order valence-electron chi connectivity index (χ1n) is 12.2. The Kier molecular flexibility index (Phi) is 7.08. The molecule has 1 saturated carbocycles. The summed E-state index contributed by atoms with van der Waals surface area (Å²) < 4.78 is 22.0. The largest absolute Gasteiger partial charge is 0.482 e. The number of hydrogen-bond acceptors (Lipinski definition) is 5. The predicted octanol–water partition coefficient (Wildman–Crippen LogP) is 6.08. The summed E-state index contributed by atoms with van der Waals surface area (Å²) in [5.41, 5.74) is 8.07. The number of rotatable bonds is 6. The molecule has 1 aliphatic heterocycles. The third-order valence-corrected chi connectivity index (χ3v) is 7.92. The summed E-state index contributed by atoms with van der Waals surface area (Å²) in [5, 5.41) is 4.80. The molecule has 1 unspecified atom stereocenters. The average molecular weight is 532 g/mol. The molecule has 10 heteroatoms. The van der Waals surface area contributed by atoms with E-state index in [-0.39, 0.29) is 22.8 Å². The molecule has 1 aromatic carbocycles. The van der Waals surface area contributed by atoms with Crippen molar-refractivity contribution >= 4 is 34.9 Å². The fourth-order valence-corrected chi connectivity index (χ4v) is 5.50. The number of benzene rings is 1. The van der Waals surface area contributed by atoms with Crippen LogP contribution in [0.5, 0.6) is 5.75 Å². The number of likely N-dealkylation sites (tertiary alicyclic amines) is 1. The lowest BCUT2D eigenvalue weighted by atomic mass is 9.84. The number of nitrogen functional groups attached to an aromatic ring is 1. The average Bonchev–Trinajstić information content (AvgIpc) is 3.32. The minimum atomic E-state index is -0.657. The molecule has 1 atom stereocenters. The van der Waals surface area contributed by atoms with Crippen molar-refractivity contribution in [2.75, 3.05) is 18.8 Å². The van der Waals surface area contributed by atoms with Crippen LogP contribution in [0.4, 0.5) is 10.2 Å². The molecule has 0 bridgehead atoms. The van der Waals surface area contributed by atoms with Crippen molar-refractivity contribution in [2.24, 2.45) is 5.92 Å². The van der Waals surface area contributed by atoms with Gasteiger partial charge in [0.2, 0.25) is 5.91 Å². The maximum absolute atomic E-state index is 14.0. The zero-order valence-corrected chi connectivity index (χ0v) is 21.5. The van der Waals surface area contributed by atoms with Crippen LogP contribution in [-0.2, 0) is 4.79 Å². The molecule has 2 N–H and O–H groups in total. The van der Waals surface area contributed by atoms with E-state index in [1.165, 1.54) is 18.6 Å². The highest BCUT2D eigenvalue weighted by Crippen LogP contribution is 2.37. The summed E-state index contributed by atoms with van der Waals surface area (Å²) in [6, 6.07) is 4.67. The molecule has 1 saturated heterocycles. The fourth-order valence-electron chi connectivity index (χ4n) is 4.82. The molecule has 2 fully saturated rings. The van der Waals surface area contributed by atoms with Gasteiger partial charge < -0.3 is 15.4 Å². The number of halogens is 3. The highest BCUT2D eigenvalue weighted by molar-refractivity contribution is 6.36. The zero-order valence-electron chi connectivity index (χ0n) is 20.0. The summed E-state index contributed by atoms with van der Waals surface area (Å²) in [6.07, 6.45) is 9.75. The van der Waals surface area contributed by atoms with Crippen molar-refractivity contribution < 1.29 is 13.9 Å². The third-order valence-electron chi connectivity index (χ3n) is 7.21. The molecule has 0 radical (unpaired) electrons. The number of carbonyl (C=O) groups is 1. The Morgan fingerprint density at radius 3 is 2.61 bits per heavy atom. The molecule has 2 aliphatic rings. The van der Waals surface area contributed by atoms with Gasteiger partial charge in [0.1, 0.15) is 11.9 Å². The van der Waals surface area contributed by atoms with E-state index in [1.54, 1.807) is 25.4 Å². The maximum Gasteiger partial charge on any atom is 0.225 e. The second kappa shape index (κ2) is 10.3. The van der Waals surface area contributed by atoms with E-state index < -0.39 is 11.9 Å². The van der Waals surface area contributed by atoms with Gasteiger partial charge in [-0.05, 0) is 50.8 Å². The summed E-state index contributed by atoms with van der Waals surface area (Å²) in [7, 11) is 0. The highest BCUT2D eigenvalue weighted by Gasteiger charge is 2.32. The van der Waals surface area contributed by atoms with Crippen LogP contribution in [0.2, 0.25) is 10.0 Å². The number of ether oxygens (including phenoxy) is 1. The molecule has 190 valence electrons. The standard InChI is InChI=1S/C26H28Cl2FN5O2/c1-15(23-20(27)5-6-21(29)24(23)28)36-22-11-17(12-31-25(22)30)18-13-32-34(14-18)19-7-9-33(10-8-19)26(35)16-3-2-4-16/h5-6,11-16,19H,2-4,7-10H2,1H3,(H2,30,31). The summed E-state index contributed by atoms with van der Waals surface area (Å²) in [4.78, 5) is 18.8. The zero-order chi connectivity index (χ0) is 25.4. The Bertz CT molecular complexity index is 1270. The lowest BCUT2D eigenvalue weighted by molar-refractivity contribution is -0.139. The third kappa shape index (κ3) is 4.89. The first kappa shape index (κ1) is 24.8. The van der Waals surface area contributed by atoms with Crippen LogP contribution in [0, 0.1) is 11.7 Å². The topological polar surface area (TPSA) is 86.3 Å². The van der Waals surface area contributed by atoms with Gasteiger partial charge in [0.25, 0.3) is 0 Å². The first-order valence-corrected chi connectivity index (χ1v) is 13.0. The lowest BCUT2D eigenvalue weighted by Crippen LogP contribution is -2.43. The van der Waals surface area contributed by atoms with E-state index in [1.807, 2.05) is 15.8 Å². The van der Waals surface area contributed by atoms with E-state index in [0.717, 1.165) is 49.9 Å². The van der Waals surface area contributed by atoms with Gasteiger partial charge in [0, 0.05) is 53.1 Å². The summed E-state index contributed by atoms with van der Waals surface area (Å²) >= 11 is 12.4. The van der Waals surface area contributed by atoms with Crippen LogP contribution in [0.3, 0.4) is 0 Å². The summed E-state index contributed by atoms with van der Waals surface area (Å²) in [6.45, 7) is 3.25. The Labute approximate surface area is 219 Å². The van der Waals surface area contributed by atoms with Crippen molar-refractivity contribution in [2.45, 2.75) is 51.2 Å². The Balaban J connectivity index is 1.28. The van der Waals surface area contributed by atoms with E-state index in [0.29, 0.717) is 22.2 Å². The van der Waals surface area contributed by atoms with Crippen LogP contribution < -0.4 is 10.5 Å². The number of amides is 1. The second-order valence-electron chi connectivity index (χ2n) is 9.52. The number of carbonyl (C=O) groups excluding carboxylic acids is 1. The van der Waals surface area contributed by atoms with Crippen LogP contribution in [-0.4, -0.2) is 38.7 Å². The predicted molar refractivity (Wildman–Crippen MR) is 138 cm³/mol. The molecule has 2 aromatic heterocycles. The Hall–Kier alpha value is -2.84. The number of nitrogens with zero attached hydrogens (tertiary/aromatic N) is 4. The number of nitrogens with two attached hydrogens (primary N) is 1. The van der Waals surface area contributed by atoms with Gasteiger partial charge in [-0.1, -0.05) is 29.6 Å². The van der Waals surface area contributed by atoms with E-state index >= 15 is 0 Å². The van der Waals surface area contributed by atoms with Crippen molar-refractivity contribution in [3.8, 4) is 16.9 Å². The quantitative estimate of drug-likeness (QED) is 0.389. The van der Waals surface area contributed by atoms with Gasteiger partial charge >= 0.3 is 0 Å². The molecule has 3 aromatic rings. The van der Waals surface area contributed by atoms with Gasteiger partial charge in [0.15, 0.2) is 11.6 Å². The van der Waals surface area contributed by atoms with Crippen molar-refractivity contribution in [3.05, 3.63) is 58.2 Å². The number of piperidine rings is 1. The van der Waals surface area contributed by atoms with Crippen molar-refractivity contribution in [1.82, 2.24) is 19.7 Å². The lowest BCUT2D eigenvalue weighted by Gasteiger charge is -2.36. The van der Waals surface area contributed by atoms with Crippen LogP contribution in [0.15, 0.2) is 36.8 Å². The minimum absolute atomic E-state index is 0.0839. The molecule has 0 spiro atoms.